The number of hydrogen-bond acceptors (Lipinski definition) is 4. The summed E-state index contributed by atoms with van der Waals surface area (Å²) in [6.07, 6.45) is 3.17. The SMILES string of the molecule is Cc1ccccc1Oc1nc(N)nc2c1C(C)(C)CCC2. The van der Waals surface area contributed by atoms with Crippen LogP contribution in [0.2, 0.25) is 0 Å². The molecule has 0 saturated heterocycles. The summed E-state index contributed by atoms with van der Waals surface area (Å²) in [6, 6.07) is 7.94. The molecule has 1 aromatic heterocycles. The number of hydrogen-bond donors (Lipinski definition) is 1. The van der Waals surface area contributed by atoms with Gasteiger partial charge < -0.3 is 10.5 Å². The third-order valence-electron chi connectivity index (χ3n) is 4.16. The zero-order valence-corrected chi connectivity index (χ0v) is 12.8. The minimum atomic E-state index is 0.0132. The maximum Gasteiger partial charge on any atom is 0.228 e. The molecule has 3 rings (SSSR count). The molecule has 0 radical (unpaired) electrons. The predicted molar refractivity (Wildman–Crippen MR) is 83.7 cm³/mol. The molecule has 0 amide bonds. The number of ether oxygens (including phenoxy) is 1. The molecule has 1 aliphatic rings. The van der Waals surface area contributed by atoms with Crippen molar-refractivity contribution in [1.82, 2.24) is 9.97 Å². The number of nitrogens with zero attached hydrogens (tertiary/aromatic N) is 2. The molecule has 0 spiro atoms. The molecular formula is C17H21N3O. The Morgan fingerprint density at radius 2 is 1.95 bits per heavy atom. The Hall–Kier alpha value is -2.10. The maximum atomic E-state index is 6.09. The summed E-state index contributed by atoms with van der Waals surface area (Å²) in [5.41, 5.74) is 9.09. The highest BCUT2D eigenvalue weighted by Crippen LogP contribution is 2.42. The van der Waals surface area contributed by atoms with Crippen LogP contribution in [0.4, 0.5) is 5.95 Å². The smallest absolute Gasteiger partial charge is 0.228 e. The van der Waals surface area contributed by atoms with Gasteiger partial charge in [-0.25, -0.2) is 4.98 Å². The quantitative estimate of drug-likeness (QED) is 0.911. The van der Waals surface area contributed by atoms with E-state index in [1.807, 2.05) is 31.2 Å². The van der Waals surface area contributed by atoms with Gasteiger partial charge in [-0.1, -0.05) is 32.0 Å². The number of rotatable bonds is 2. The Bertz CT molecular complexity index is 680. The molecule has 1 aliphatic carbocycles. The van der Waals surface area contributed by atoms with Crippen LogP contribution in [0.3, 0.4) is 0 Å². The second-order valence-corrected chi connectivity index (χ2v) is 6.31. The molecule has 0 bridgehead atoms. The van der Waals surface area contributed by atoms with E-state index in [2.05, 4.69) is 23.8 Å². The zero-order chi connectivity index (χ0) is 15.0. The summed E-state index contributed by atoms with van der Waals surface area (Å²) in [5, 5.41) is 0. The van der Waals surface area contributed by atoms with E-state index < -0.39 is 0 Å². The van der Waals surface area contributed by atoms with Crippen molar-refractivity contribution < 1.29 is 4.74 Å². The van der Waals surface area contributed by atoms with Crippen LogP contribution in [0.25, 0.3) is 0 Å². The normalized spacial score (nSPS) is 16.3. The minimum Gasteiger partial charge on any atom is -0.438 e. The third-order valence-corrected chi connectivity index (χ3v) is 4.16. The Morgan fingerprint density at radius 3 is 2.71 bits per heavy atom. The number of benzene rings is 1. The average molecular weight is 283 g/mol. The molecule has 0 atom stereocenters. The first-order valence-electron chi connectivity index (χ1n) is 7.38. The lowest BCUT2D eigenvalue weighted by atomic mass is 9.75. The molecule has 0 aliphatic heterocycles. The van der Waals surface area contributed by atoms with Crippen LogP contribution in [0.15, 0.2) is 24.3 Å². The Morgan fingerprint density at radius 1 is 1.19 bits per heavy atom. The van der Waals surface area contributed by atoms with E-state index in [4.69, 9.17) is 10.5 Å². The first-order chi connectivity index (χ1) is 9.97. The number of anilines is 1. The fourth-order valence-electron chi connectivity index (χ4n) is 3.04. The average Bonchev–Trinajstić information content (AvgIpc) is 2.40. The topological polar surface area (TPSA) is 61.0 Å². The fraction of sp³-hybridized carbons (Fsp3) is 0.412. The van der Waals surface area contributed by atoms with Crippen molar-refractivity contribution in [3.63, 3.8) is 0 Å². The summed E-state index contributed by atoms with van der Waals surface area (Å²) in [4.78, 5) is 8.78. The second kappa shape index (κ2) is 5.02. The van der Waals surface area contributed by atoms with Gasteiger partial charge in [-0.2, -0.15) is 4.98 Å². The van der Waals surface area contributed by atoms with Crippen LogP contribution in [0.1, 0.15) is 43.5 Å². The number of nitrogen functional groups attached to an aromatic ring is 1. The molecule has 4 nitrogen and oxygen atoms in total. The third kappa shape index (κ3) is 2.58. The number of fused-ring (bicyclic) bond motifs is 1. The molecule has 110 valence electrons. The van der Waals surface area contributed by atoms with Gasteiger partial charge >= 0.3 is 0 Å². The summed E-state index contributed by atoms with van der Waals surface area (Å²) < 4.78 is 6.09. The molecular weight excluding hydrogens is 262 g/mol. The summed E-state index contributed by atoms with van der Waals surface area (Å²) >= 11 is 0. The highest BCUT2D eigenvalue weighted by Gasteiger charge is 2.33. The van der Waals surface area contributed by atoms with E-state index in [1.165, 1.54) is 0 Å². The summed E-state index contributed by atoms with van der Waals surface area (Å²) in [6.45, 7) is 6.46. The lowest BCUT2D eigenvalue weighted by Crippen LogP contribution is -2.26. The van der Waals surface area contributed by atoms with E-state index in [0.717, 1.165) is 41.8 Å². The van der Waals surface area contributed by atoms with Gasteiger partial charge in [0.15, 0.2) is 0 Å². The van der Waals surface area contributed by atoms with E-state index in [9.17, 15) is 0 Å². The van der Waals surface area contributed by atoms with E-state index in [0.29, 0.717) is 5.88 Å². The Labute approximate surface area is 125 Å². The first-order valence-corrected chi connectivity index (χ1v) is 7.38. The highest BCUT2D eigenvalue weighted by molar-refractivity contribution is 5.45. The Kier molecular flexibility index (Phi) is 3.32. The lowest BCUT2D eigenvalue weighted by molar-refractivity contribution is 0.381. The van der Waals surface area contributed by atoms with Crippen LogP contribution < -0.4 is 10.5 Å². The van der Waals surface area contributed by atoms with Crippen LogP contribution in [-0.2, 0) is 11.8 Å². The lowest BCUT2D eigenvalue weighted by Gasteiger charge is -2.32. The van der Waals surface area contributed by atoms with Gasteiger partial charge in [0.25, 0.3) is 0 Å². The van der Waals surface area contributed by atoms with E-state index in [-0.39, 0.29) is 11.4 Å². The number of aryl methyl sites for hydroxylation is 2. The van der Waals surface area contributed by atoms with Crippen LogP contribution in [0, 0.1) is 6.92 Å². The van der Waals surface area contributed by atoms with Gasteiger partial charge in [0.2, 0.25) is 11.8 Å². The molecule has 0 saturated carbocycles. The van der Waals surface area contributed by atoms with Gasteiger partial charge in [0.1, 0.15) is 5.75 Å². The van der Waals surface area contributed by atoms with Gasteiger partial charge in [-0.15, -0.1) is 0 Å². The van der Waals surface area contributed by atoms with Gasteiger partial charge in [-0.3, -0.25) is 0 Å². The van der Waals surface area contributed by atoms with Crippen molar-refractivity contribution in [3.05, 3.63) is 41.1 Å². The van der Waals surface area contributed by atoms with Crippen molar-refractivity contribution in [2.24, 2.45) is 0 Å². The van der Waals surface area contributed by atoms with Crippen LogP contribution in [-0.4, -0.2) is 9.97 Å². The zero-order valence-electron chi connectivity index (χ0n) is 12.8. The largest absolute Gasteiger partial charge is 0.438 e. The van der Waals surface area contributed by atoms with E-state index in [1.54, 1.807) is 0 Å². The molecule has 2 N–H and O–H groups in total. The van der Waals surface area contributed by atoms with Crippen molar-refractivity contribution in [3.8, 4) is 11.6 Å². The first kappa shape index (κ1) is 13.9. The van der Waals surface area contributed by atoms with Crippen molar-refractivity contribution in [2.45, 2.75) is 45.4 Å². The number of aromatic nitrogens is 2. The van der Waals surface area contributed by atoms with E-state index >= 15 is 0 Å². The molecule has 0 unspecified atom stereocenters. The monoisotopic (exact) mass is 283 g/mol. The van der Waals surface area contributed by atoms with Crippen LogP contribution in [0.5, 0.6) is 11.6 Å². The maximum absolute atomic E-state index is 6.09. The van der Waals surface area contributed by atoms with Crippen molar-refractivity contribution in [2.75, 3.05) is 5.73 Å². The summed E-state index contributed by atoms with van der Waals surface area (Å²) in [7, 11) is 0. The van der Waals surface area contributed by atoms with Crippen LogP contribution >= 0.6 is 0 Å². The molecule has 21 heavy (non-hydrogen) atoms. The highest BCUT2D eigenvalue weighted by atomic mass is 16.5. The standard InChI is InChI=1S/C17H21N3O/c1-11-7-4-5-9-13(11)21-15-14-12(19-16(18)20-15)8-6-10-17(14,2)3/h4-5,7,9H,6,8,10H2,1-3H3,(H2,18,19,20). The molecule has 1 heterocycles. The summed E-state index contributed by atoms with van der Waals surface area (Å²) in [5.74, 6) is 1.71. The van der Waals surface area contributed by atoms with Crippen molar-refractivity contribution >= 4 is 5.95 Å². The molecule has 0 fully saturated rings. The second-order valence-electron chi connectivity index (χ2n) is 6.31. The fourth-order valence-corrected chi connectivity index (χ4v) is 3.04. The molecule has 2 aromatic rings. The number of nitrogens with two attached hydrogens (primary N) is 1. The minimum absolute atomic E-state index is 0.0132. The molecule has 1 aromatic carbocycles. The number of para-hydroxylation sites is 1. The van der Waals surface area contributed by atoms with Gasteiger partial charge in [0.05, 0.1) is 5.69 Å². The van der Waals surface area contributed by atoms with Crippen molar-refractivity contribution in [1.29, 1.82) is 0 Å². The molecule has 4 heteroatoms. The Balaban J connectivity index is 2.10. The predicted octanol–water partition coefficient (Wildman–Crippen LogP) is 3.77. The van der Waals surface area contributed by atoms with Gasteiger partial charge in [-0.05, 0) is 43.2 Å². The van der Waals surface area contributed by atoms with Gasteiger partial charge in [0, 0.05) is 5.56 Å².